The molecule has 0 spiro atoms. The normalized spacial score (nSPS) is 21.8. The lowest BCUT2D eigenvalue weighted by Gasteiger charge is -2.09. The molecule has 0 unspecified atom stereocenters. The number of hydrogen-bond acceptors (Lipinski definition) is 3. The molecule has 0 saturated heterocycles. The molecule has 1 saturated carbocycles. The Bertz CT molecular complexity index is 615. The van der Waals surface area contributed by atoms with E-state index in [2.05, 4.69) is 10.0 Å². The maximum absolute atomic E-state index is 11.7. The molecule has 0 aliphatic heterocycles. The summed E-state index contributed by atoms with van der Waals surface area (Å²) in [6.07, 6.45) is 1.96. The molecule has 7 heteroatoms. The predicted octanol–water partition coefficient (Wildman–Crippen LogP) is 2.31. The molecule has 1 aromatic carbocycles. The number of benzene rings is 1. The fourth-order valence-electron chi connectivity index (χ4n) is 1.80. The fraction of sp³-hybridized carbons (Fsp3) is 0.417. The van der Waals surface area contributed by atoms with Gasteiger partial charge in [0.05, 0.1) is 17.0 Å². The zero-order valence-electron chi connectivity index (χ0n) is 10.6. The van der Waals surface area contributed by atoms with Gasteiger partial charge in [0.15, 0.2) is 0 Å². The van der Waals surface area contributed by atoms with Gasteiger partial charge in [-0.05, 0) is 30.5 Å². The van der Waals surface area contributed by atoms with Crippen LogP contribution >= 0.6 is 11.6 Å². The van der Waals surface area contributed by atoms with E-state index >= 15 is 0 Å². The second-order valence-corrected chi connectivity index (χ2v) is 7.03. The van der Waals surface area contributed by atoms with E-state index in [-0.39, 0.29) is 16.8 Å². The van der Waals surface area contributed by atoms with E-state index in [4.69, 9.17) is 11.6 Å². The van der Waals surface area contributed by atoms with Crippen LogP contribution in [0.4, 0.5) is 11.4 Å². The van der Waals surface area contributed by atoms with Gasteiger partial charge in [-0.15, -0.1) is 0 Å². The van der Waals surface area contributed by atoms with Crippen LogP contribution in [-0.4, -0.2) is 20.6 Å². The summed E-state index contributed by atoms with van der Waals surface area (Å²) in [5.41, 5.74) is 0.857. The highest BCUT2D eigenvalue weighted by molar-refractivity contribution is 7.92. The van der Waals surface area contributed by atoms with Gasteiger partial charge in [0.2, 0.25) is 15.9 Å². The van der Waals surface area contributed by atoms with Crippen molar-refractivity contribution in [3.8, 4) is 0 Å². The number of halogens is 1. The molecule has 2 atom stereocenters. The van der Waals surface area contributed by atoms with E-state index in [1.165, 1.54) is 12.1 Å². The summed E-state index contributed by atoms with van der Waals surface area (Å²) in [5.74, 6) is 0.488. The van der Waals surface area contributed by atoms with Crippen LogP contribution in [0.3, 0.4) is 0 Å². The summed E-state index contributed by atoms with van der Waals surface area (Å²) in [6.45, 7) is 2.02. The Morgan fingerprint density at radius 2 is 2.05 bits per heavy atom. The van der Waals surface area contributed by atoms with Gasteiger partial charge in [0.1, 0.15) is 0 Å². The highest BCUT2D eigenvalue weighted by atomic mass is 35.5. The number of carbonyl (C=O) groups is 1. The average Bonchev–Trinajstić information content (AvgIpc) is 2.98. The SMILES string of the molecule is C[C@@H]1C[C@H]1C(=O)Nc1ccc(NS(C)(=O)=O)c(Cl)c1. The Morgan fingerprint density at radius 1 is 1.42 bits per heavy atom. The third-order valence-electron chi connectivity index (χ3n) is 2.98. The number of rotatable bonds is 4. The first kappa shape index (κ1) is 14.1. The van der Waals surface area contributed by atoms with Crippen LogP contribution < -0.4 is 10.0 Å². The highest BCUT2D eigenvalue weighted by Gasteiger charge is 2.39. The monoisotopic (exact) mass is 302 g/mol. The molecule has 0 radical (unpaired) electrons. The number of anilines is 2. The van der Waals surface area contributed by atoms with Crippen molar-refractivity contribution >= 4 is 38.9 Å². The molecule has 1 fully saturated rings. The Morgan fingerprint density at radius 3 is 2.53 bits per heavy atom. The lowest BCUT2D eigenvalue weighted by atomic mass is 10.2. The molecular formula is C12H15ClN2O3S. The molecule has 19 heavy (non-hydrogen) atoms. The van der Waals surface area contributed by atoms with Gasteiger partial charge in [-0.1, -0.05) is 18.5 Å². The van der Waals surface area contributed by atoms with Crippen molar-refractivity contribution in [3.05, 3.63) is 23.2 Å². The number of amides is 1. The van der Waals surface area contributed by atoms with Crippen LogP contribution in [-0.2, 0) is 14.8 Å². The minimum Gasteiger partial charge on any atom is -0.326 e. The van der Waals surface area contributed by atoms with E-state index in [1.54, 1.807) is 6.07 Å². The van der Waals surface area contributed by atoms with Gasteiger partial charge in [0, 0.05) is 11.6 Å². The van der Waals surface area contributed by atoms with Crippen LogP contribution in [0.2, 0.25) is 5.02 Å². The molecule has 5 nitrogen and oxygen atoms in total. The molecule has 1 aromatic rings. The largest absolute Gasteiger partial charge is 0.326 e. The molecule has 2 rings (SSSR count). The Kier molecular flexibility index (Phi) is 3.73. The van der Waals surface area contributed by atoms with Crippen molar-refractivity contribution in [2.24, 2.45) is 11.8 Å². The maximum Gasteiger partial charge on any atom is 0.229 e. The van der Waals surface area contributed by atoms with E-state index in [1.807, 2.05) is 6.92 Å². The van der Waals surface area contributed by atoms with Crippen molar-refractivity contribution in [1.29, 1.82) is 0 Å². The quantitative estimate of drug-likeness (QED) is 0.896. The van der Waals surface area contributed by atoms with Crippen molar-refractivity contribution in [2.45, 2.75) is 13.3 Å². The summed E-state index contributed by atoms with van der Waals surface area (Å²) in [6, 6.07) is 4.67. The summed E-state index contributed by atoms with van der Waals surface area (Å²) < 4.78 is 24.5. The highest BCUT2D eigenvalue weighted by Crippen LogP contribution is 2.38. The van der Waals surface area contributed by atoms with Crippen LogP contribution in [0.25, 0.3) is 0 Å². The van der Waals surface area contributed by atoms with Crippen molar-refractivity contribution in [1.82, 2.24) is 0 Å². The molecule has 1 aliphatic rings. The zero-order valence-corrected chi connectivity index (χ0v) is 12.2. The van der Waals surface area contributed by atoms with Gasteiger partial charge in [-0.2, -0.15) is 0 Å². The summed E-state index contributed by atoms with van der Waals surface area (Å²) >= 11 is 5.96. The summed E-state index contributed by atoms with van der Waals surface area (Å²) in [4.78, 5) is 11.7. The fourth-order valence-corrected chi connectivity index (χ4v) is 2.66. The zero-order chi connectivity index (χ0) is 14.2. The standard InChI is InChI=1S/C12H15ClN2O3S/c1-7-5-9(7)12(16)14-8-3-4-11(10(13)6-8)15-19(2,17)18/h3-4,6-7,9,15H,5H2,1-2H3,(H,14,16)/t7-,9-/m1/s1. The average molecular weight is 303 g/mol. The third-order valence-corrected chi connectivity index (χ3v) is 3.88. The number of hydrogen-bond donors (Lipinski definition) is 2. The number of sulfonamides is 1. The lowest BCUT2D eigenvalue weighted by molar-refractivity contribution is -0.117. The molecule has 0 heterocycles. The molecule has 1 amide bonds. The topological polar surface area (TPSA) is 75.3 Å². The van der Waals surface area contributed by atoms with Gasteiger partial charge < -0.3 is 5.32 Å². The van der Waals surface area contributed by atoms with Crippen molar-refractivity contribution in [3.63, 3.8) is 0 Å². The van der Waals surface area contributed by atoms with Gasteiger partial charge in [-0.3, -0.25) is 9.52 Å². The second-order valence-electron chi connectivity index (χ2n) is 4.88. The lowest BCUT2D eigenvalue weighted by Crippen LogP contribution is -2.15. The Labute approximate surface area is 117 Å². The first-order valence-electron chi connectivity index (χ1n) is 5.84. The first-order chi connectivity index (χ1) is 8.76. The molecule has 1 aliphatic carbocycles. The predicted molar refractivity (Wildman–Crippen MR) is 75.8 cm³/mol. The van der Waals surface area contributed by atoms with Crippen molar-refractivity contribution in [2.75, 3.05) is 16.3 Å². The Hall–Kier alpha value is -1.27. The second kappa shape index (κ2) is 5.02. The van der Waals surface area contributed by atoms with E-state index in [9.17, 15) is 13.2 Å². The summed E-state index contributed by atoms with van der Waals surface area (Å²) in [5, 5.41) is 3.01. The summed E-state index contributed by atoms with van der Waals surface area (Å²) in [7, 11) is -3.37. The van der Waals surface area contributed by atoms with Crippen LogP contribution in [0.1, 0.15) is 13.3 Å². The third kappa shape index (κ3) is 3.84. The molecule has 2 N–H and O–H groups in total. The van der Waals surface area contributed by atoms with Crippen molar-refractivity contribution < 1.29 is 13.2 Å². The van der Waals surface area contributed by atoms with Gasteiger partial charge in [-0.25, -0.2) is 8.42 Å². The van der Waals surface area contributed by atoms with E-state index in [0.29, 0.717) is 17.3 Å². The van der Waals surface area contributed by atoms with Crippen LogP contribution in [0.5, 0.6) is 0 Å². The molecule has 104 valence electrons. The minimum absolute atomic E-state index is 0.0209. The van der Waals surface area contributed by atoms with Gasteiger partial charge in [0.25, 0.3) is 0 Å². The maximum atomic E-state index is 11.7. The molecular weight excluding hydrogens is 288 g/mol. The first-order valence-corrected chi connectivity index (χ1v) is 8.11. The van der Waals surface area contributed by atoms with E-state index < -0.39 is 10.0 Å². The number of carbonyl (C=O) groups excluding carboxylic acids is 1. The molecule has 0 aromatic heterocycles. The van der Waals surface area contributed by atoms with E-state index in [0.717, 1.165) is 12.7 Å². The molecule has 0 bridgehead atoms. The Balaban J connectivity index is 2.08. The van der Waals surface area contributed by atoms with Crippen LogP contribution in [0.15, 0.2) is 18.2 Å². The minimum atomic E-state index is -3.37. The van der Waals surface area contributed by atoms with Gasteiger partial charge >= 0.3 is 0 Å². The smallest absolute Gasteiger partial charge is 0.229 e. The van der Waals surface area contributed by atoms with Crippen LogP contribution in [0, 0.1) is 11.8 Å². The number of nitrogens with one attached hydrogen (secondary N) is 2.